The highest BCUT2D eigenvalue weighted by Crippen LogP contribution is 2.23. The van der Waals surface area contributed by atoms with Crippen molar-refractivity contribution in [3.63, 3.8) is 0 Å². The average Bonchev–Trinajstić information content (AvgIpc) is 3.37. The second-order valence-electron chi connectivity index (χ2n) is 7.63. The monoisotopic (exact) mass is 418 g/mol. The largest absolute Gasteiger partial charge is 0.303 e. The van der Waals surface area contributed by atoms with Gasteiger partial charge in [-0.3, -0.25) is 0 Å². The van der Waals surface area contributed by atoms with Crippen LogP contribution in [0.4, 0.5) is 8.78 Å². The van der Waals surface area contributed by atoms with Gasteiger partial charge in [-0.15, -0.1) is 5.10 Å². The van der Waals surface area contributed by atoms with E-state index in [0.717, 1.165) is 5.82 Å². The summed E-state index contributed by atoms with van der Waals surface area (Å²) in [5.41, 5.74) is 2.43. The highest BCUT2D eigenvalue weighted by Gasteiger charge is 2.18. The molecule has 31 heavy (non-hydrogen) atoms. The molecule has 0 bridgehead atoms. The molecule has 6 nitrogen and oxygen atoms in total. The predicted molar refractivity (Wildman–Crippen MR) is 112 cm³/mol. The van der Waals surface area contributed by atoms with Crippen molar-refractivity contribution in [3.05, 3.63) is 89.8 Å². The summed E-state index contributed by atoms with van der Waals surface area (Å²) in [6.07, 6.45) is 11.2. The summed E-state index contributed by atoms with van der Waals surface area (Å²) >= 11 is 0. The molecule has 0 saturated heterocycles. The lowest BCUT2D eigenvalue weighted by atomic mass is 10.0. The standard InChI is InChI=1S/C23H20F2N6/c1-15-27-22(29-31(15)13-16-5-4-7-18(24)11-16)21-14-30-10-9-26-23(30)20(28-21)12-17-6-2-3-8-19(17)25/h2-10,14,16H,11-13H2,1H3. The summed E-state index contributed by atoms with van der Waals surface area (Å²) in [5.74, 6) is 0.814. The molecule has 1 atom stereocenters. The predicted octanol–water partition coefficient (Wildman–Crippen LogP) is 4.46. The van der Waals surface area contributed by atoms with Crippen molar-refractivity contribution in [1.82, 2.24) is 29.1 Å². The molecule has 0 spiro atoms. The fourth-order valence-electron chi connectivity index (χ4n) is 3.80. The molecule has 0 fully saturated rings. The van der Waals surface area contributed by atoms with Gasteiger partial charge in [0, 0.05) is 43.9 Å². The Balaban J connectivity index is 1.49. The fraction of sp³-hybridized carbons (Fsp3) is 0.217. The van der Waals surface area contributed by atoms with Gasteiger partial charge in [0.15, 0.2) is 5.65 Å². The van der Waals surface area contributed by atoms with Gasteiger partial charge in [-0.25, -0.2) is 28.4 Å². The summed E-state index contributed by atoms with van der Waals surface area (Å²) in [4.78, 5) is 13.7. The number of halogens is 2. The quantitative estimate of drug-likeness (QED) is 0.480. The molecule has 0 amide bonds. The number of aryl methyl sites for hydroxylation is 1. The minimum atomic E-state index is -0.278. The first-order valence-electron chi connectivity index (χ1n) is 10.1. The molecule has 8 heteroatoms. The van der Waals surface area contributed by atoms with Crippen LogP contribution in [0.25, 0.3) is 17.2 Å². The van der Waals surface area contributed by atoms with E-state index >= 15 is 0 Å². The Bertz CT molecular complexity index is 1320. The lowest BCUT2D eigenvalue weighted by molar-refractivity contribution is 0.435. The van der Waals surface area contributed by atoms with Crippen molar-refractivity contribution < 1.29 is 8.78 Å². The van der Waals surface area contributed by atoms with Crippen LogP contribution in [0.3, 0.4) is 0 Å². The third-order valence-electron chi connectivity index (χ3n) is 5.37. The van der Waals surface area contributed by atoms with Gasteiger partial charge >= 0.3 is 0 Å². The van der Waals surface area contributed by atoms with Crippen LogP contribution in [-0.2, 0) is 13.0 Å². The third-order valence-corrected chi connectivity index (χ3v) is 5.37. The zero-order chi connectivity index (χ0) is 21.4. The summed E-state index contributed by atoms with van der Waals surface area (Å²) < 4.78 is 31.4. The van der Waals surface area contributed by atoms with E-state index in [4.69, 9.17) is 4.98 Å². The van der Waals surface area contributed by atoms with E-state index in [2.05, 4.69) is 15.1 Å². The Hall–Kier alpha value is -3.68. The summed E-state index contributed by atoms with van der Waals surface area (Å²) in [6, 6.07) is 6.64. The Morgan fingerprint density at radius 2 is 2.03 bits per heavy atom. The van der Waals surface area contributed by atoms with E-state index in [9.17, 15) is 8.78 Å². The number of nitrogens with zero attached hydrogens (tertiary/aromatic N) is 6. The van der Waals surface area contributed by atoms with Crippen molar-refractivity contribution in [2.45, 2.75) is 26.3 Å². The van der Waals surface area contributed by atoms with E-state index in [0.29, 0.717) is 47.8 Å². The van der Waals surface area contributed by atoms with Crippen molar-refractivity contribution in [2.75, 3.05) is 0 Å². The number of benzene rings is 1. The van der Waals surface area contributed by atoms with Crippen LogP contribution >= 0.6 is 0 Å². The number of hydrogen-bond donors (Lipinski definition) is 0. The summed E-state index contributed by atoms with van der Waals surface area (Å²) in [7, 11) is 0. The minimum Gasteiger partial charge on any atom is -0.303 e. The van der Waals surface area contributed by atoms with Gasteiger partial charge < -0.3 is 4.40 Å². The van der Waals surface area contributed by atoms with Crippen molar-refractivity contribution >= 4 is 5.65 Å². The molecule has 1 aliphatic rings. The van der Waals surface area contributed by atoms with Gasteiger partial charge in [-0.1, -0.05) is 30.4 Å². The van der Waals surface area contributed by atoms with Crippen LogP contribution in [-0.4, -0.2) is 29.1 Å². The first kappa shape index (κ1) is 19.3. The van der Waals surface area contributed by atoms with Gasteiger partial charge in [-0.05, 0) is 24.6 Å². The molecule has 3 aromatic heterocycles. The number of imidazole rings is 1. The van der Waals surface area contributed by atoms with E-state index < -0.39 is 0 Å². The first-order chi connectivity index (χ1) is 15.1. The Kier molecular flexibility index (Phi) is 4.89. The molecule has 1 aromatic carbocycles. The van der Waals surface area contributed by atoms with Gasteiger partial charge in [-0.2, -0.15) is 0 Å². The van der Waals surface area contributed by atoms with E-state index in [1.54, 1.807) is 35.2 Å². The molecular formula is C23H20F2N6. The Labute approximate surface area is 177 Å². The zero-order valence-corrected chi connectivity index (χ0v) is 16.9. The molecule has 156 valence electrons. The number of aromatic nitrogens is 6. The Morgan fingerprint density at radius 1 is 1.16 bits per heavy atom. The molecule has 5 rings (SSSR count). The van der Waals surface area contributed by atoms with Crippen LogP contribution in [0.2, 0.25) is 0 Å². The molecule has 0 aliphatic heterocycles. The Morgan fingerprint density at radius 3 is 2.87 bits per heavy atom. The molecule has 0 radical (unpaired) electrons. The zero-order valence-electron chi connectivity index (χ0n) is 16.9. The van der Waals surface area contributed by atoms with Gasteiger partial charge in [0.05, 0.1) is 5.69 Å². The fourth-order valence-corrected chi connectivity index (χ4v) is 3.80. The molecule has 0 saturated carbocycles. The average molecular weight is 418 g/mol. The van der Waals surface area contributed by atoms with Gasteiger partial charge in [0.25, 0.3) is 0 Å². The number of fused-ring (bicyclic) bond motifs is 1. The summed E-state index contributed by atoms with van der Waals surface area (Å²) in [6.45, 7) is 2.40. The smallest absolute Gasteiger partial charge is 0.201 e. The molecular weight excluding hydrogens is 398 g/mol. The topological polar surface area (TPSA) is 60.9 Å². The maximum Gasteiger partial charge on any atom is 0.201 e. The van der Waals surface area contributed by atoms with Gasteiger partial charge in [0.2, 0.25) is 5.82 Å². The van der Waals surface area contributed by atoms with Crippen LogP contribution < -0.4 is 0 Å². The normalized spacial score (nSPS) is 16.1. The molecule has 4 aromatic rings. The van der Waals surface area contributed by atoms with Crippen molar-refractivity contribution in [2.24, 2.45) is 5.92 Å². The summed E-state index contributed by atoms with van der Waals surface area (Å²) in [5, 5.41) is 4.62. The van der Waals surface area contributed by atoms with Crippen LogP contribution in [0.1, 0.15) is 23.5 Å². The molecule has 0 N–H and O–H groups in total. The highest BCUT2D eigenvalue weighted by molar-refractivity contribution is 5.55. The van der Waals surface area contributed by atoms with Crippen LogP contribution in [0.5, 0.6) is 0 Å². The van der Waals surface area contributed by atoms with Crippen molar-refractivity contribution in [1.29, 1.82) is 0 Å². The lowest BCUT2D eigenvalue weighted by Gasteiger charge is -2.14. The first-order valence-corrected chi connectivity index (χ1v) is 10.1. The van der Waals surface area contributed by atoms with E-state index in [-0.39, 0.29) is 17.6 Å². The second kappa shape index (κ2) is 7.86. The maximum absolute atomic E-state index is 14.2. The molecule has 3 heterocycles. The van der Waals surface area contributed by atoms with Crippen molar-refractivity contribution in [3.8, 4) is 11.5 Å². The molecule has 1 unspecified atom stereocenters. The highest BCUT2D eigenvalue weighted by atomic mass is 19.1. The second-order valence-corrected chi connectivity index (χ2v) is 7.63. The minimum absolute atomic E-state index is 0.0268. The molecule has 1 aliphatic carbocycles. The van der Waals surface area contributed by atoms with Crippen LogP contribution in [0.15, 0.2) is 66.9 Å². The third kappa shape index (κ3) is 3.88. The number of allylic oxidation sites excluding steroid dienone is 4. The van der Waals surface area contributed by atoms with Crippen LogP contribution in [0, 0.1) is 18.7 Å². The number of rotatable bonds is 5. The van der Waals surface area contributed by atoms with E-state index in [1.807, 2.05) is 29.8 Å². The van der Waals surface area contributed by atoms with E-state index in [1.165, 1.54) is 12.1 Å². The number of hydrogen-bond acceptors (Lipinski definition) is 4. The van der Waals surface area contributed by atoms with Gasteiger partial charge in [0.1, 0.15) is 23.2 Å². The SMILES string of the molecule is Cc1nc(-c2cn3ccnc3c(Cc3ccccc3F)n2)nn1CC1C=CC=C(F)C1. The maximum atomic E-state index is 14.2. The lowest BCUT2D eigenvalue weighted by Crippen LogP contribution is -2.13.